The van der Waals surface area contributed by atoms with Gasteiger partial charge in [-0.3, -0.25) is 14.4 Å². The molecule has 0 aliphatic carbocycles. The molecule has 0 radical (unpaired) electrons. The summed E-state index contributed by atoms with van der Waals surface area (Å²) in [7, 11) is 5.41. The largest absolute Gasteiger partial charge is 0.347 e. The van der Waals surface area contributed by atoms with E-state index in [1.807, 2.05) is 72.6 Å². The lowest BCUT2D eigenvalue weighted by Crippen LogP contribution is -2.65. The van der Waals surface area contributed by atoms with Gasteiger partial charge in [0.05, 0.1) is 10.0 Å². The van der Waals surface area contributed by atoms with Gasteiger partial charge in [0, 0.05) is 65.2 Å². The van der Waals surface area contributed by atoms with Crippen molar-refractivity contribution in [2.75, 3.05) is 53.9 Å². The molecule has 2 aliphatic rings. The van der Waals surface area contributed by atoms with E-state index in [1.54, 1.807) is 23.9 Å². The average molecular weight is 638 g/mol. The van der Waals surface area contributed by atoms with Gasteiger partial charge in [-0.25, -0.2) is 0 Å². The molecule has 7 nitrogen and oxygen atoms in total. The predicted octanol–water partition coefficient (Wildman–Crippen LogP) is 6.33. The van der Waals surface area contributed by atoms with Crippen LogP contribution in [0.15, 0.2) is 60.7 Å². The van der Waals surface area contributed by atoms with Gasteiger partial charge >= 0.3 is 0 Å². The second-order valence-electron chi connectivity index (χ2n) is 12.4. The van der Waals surface area contributed by atoms with Crippen molar-refractivity contribution in [1.29, 1.82) is 0 Å². The number of piperidine rings is 2. The van der Waals surface area contributed by atoms with Crippen LogP contribution in [0.25, 0.3) is 10.8 Å². The minimum atomic E-state index is -0.772. The van der Waals surface area contributed by atoms with Gasteiger partial charge in [0.15, 0.2) is 0 Å². The number of hydrogen-bond donors (Lipinski definition) is 0. The molecule has 3 aromatic rings. The Kier molecular flexibility index (Phi) is 10.2. The van der Waals surface area contributed by atoms with Crippen LogP contribution in [-0.2, 0) is 9.59 Å². The van der Waals surface area contributed by atoms with Crippen molar-refractivity contribution < 1.29 is 14.4 Å². The number of rotatable bonds is 9. The summed E-state index contributed by atoms with van der Waals surface area (Å²) >= 11 is 12.7. The molecule has 44 heavy (non-hydrogen) atoms. The number of likely N-dealkylation sites (tertiary alicyclic amines) is 2. The fraction of sp³-hybridized carbons (Fsp3) is 0.457. The van der Waals surface area contributed by atoms with Crippen molar-refractivity contribution in [2.24, 2.45) is 0 Å². The molecule has 0 aromatic heterocycles. The van der Waals surface area contributed by atoms with Gasteiger partial charge in [0.1, 0.15) is 5.54 Å². The minimum Gasteiger partial charge on any atom is -0.347 e. The Bertz CT molecular complexity index is 1510. The van der Waals surface area contributed by atoms with E-state index in [2.05, 4.69) is 4.90 Å². The van der Waals surface area contributed by atoms with E-state index in [4.69, 9.17) is 23.2 Å². The highest BCUT2D eigenvalue weighted by Crippen LogP contribution is 2.35. The summed E-state index contributed by atoms with van der Waals surface area (Å²) in [4.78, 5) is 47.9. The topological polar surface area (TPSA) is 64.2 Å². The van der Waals surface area contributed by atoms with Gasteiger partial charge in [0.25, 0.3) is 5.91 Å². The van der Waals surface area contributed by atoms with Gasteiger partial charge in [-0.05, 0) is 73.2 Å². The average Bonchev–Trinajstić information content (AvgIpc) is 3.03. The van der Waals surface area contributed by atoms with Crippen molar-refractivity contribution in [3.8, 4) is 0 Å². The summed E-state index contributed by atoms with van der Waals surface area (Å²) in [6.45, 7) is 3.40. The molecule has 234 valence electrons. The van der Waals surface area contributed by atoms with E-state index >= 15 is 0 Å². The van der Waals surface area contributed by atoms with Crippen LogP contribution in [0, 0.1) is 0 Å². The van der Waals surface area contributed by atoms with Gasteiger partial charge < -0.3 is 19.6 Å². The molecule has 2 saturated heterocycles. The Morgan fingerprint density at radius 3 is 2.34 bits per heavy atom. The lowest BCUT2D eigenvalue weighted by Gasteiger charge is -2.49. The lowest BCUT2D eigenvalue weighted by atomic mass is 9.82. The van der Waals surface area contributed by atoms with Crippen molar-refractivity contribution in [3.05, 3.63) is 81.8 Å². The molecule has 0 saturated carbocycles. The molecule has 1 atom stereocenters. The van der Waals surface area contributed by atoms with E-state index in [1.165, 1.54) is 0 Å². The third kappa shape index (κ3) is 6.75. The molecule has 0 N–H and O–H groups in total. The first kappa shape index (κ1) is 32.3. The van der Waals surface area contributed by atoms with Crippen molar-refractivity contribution >= 4 is 51.7 Å². The zero-order valence-corrected chi connectivity index (χ0v) is 27.4. The number of benzene rings is 3. The minimum absolute atomic E-state index is 0.0208. The number of carbonyl (C=O) groups is 3. The van der Waals surface area contributed by atoms with E-state index in [9.17, 15) is 14.4 Å². The maximum absolute atomic E-state index is 13.7. The van der Waals surface area contributed by atoms with Crippen LogP contribution in [-0.4, -0.2) is 96.7 Å². The highest BCUT2D eigenvalue weighted by molar-refractivity contribution is 6.42. The molecule has 9 heteroatoms. The number of nitrogens with zero attached hydrogens (tertiary/aromatic N) is 4. The standard InChI is InChI=1S/C35H42Cl2N4O3/c1-38(2)34(44)35(41-19-7-6-13-32(41)42)17-21-40(22-18-35)20-16-27(26-14-15-30(36)31(37)23-26)24-39(3)33(43)29-12-8-10-25-9-4-5-11-28(25)29/h4-5,8-12,14-15,23,27H,6-7,13,16-22,24H2,1-3H3/t27-/m1/s1. The molecule has 3 amide bonds. The molecule has 2 heterocycles. The summed E-state index contributed by atoms with van der Waals surface area (Å²) in [6.07, 6.45) is 4.37. The van der Waals surface area contributed by atoms with Crippen molar-refractivity contribution in [3.63, 3.8) is 0 Å². The van der Waals surface area contributed by atoms with Gasteiger partial charge in [-0.2, -0.15) is 0 Å². The molecule has 0 unspecified atom stereocenters. The molecular weight excluding hydrogens is 595 g/mol. The summed E-state index contributed by atoms with van der Waals surface area (Å²) in [5.74, 6) is 0.114. The summed E-state index contributed by atoms with van der Waals surface area (Å²) in [5.41, 5.74) is 0.944. The van der Waals surface area contributed by atoms with Crippen LogP contribution in [0.1, 0.15) is 60.4 Å². The highest BCUT2D eigenvalue weighted by atomic mass is 35.5. The van der Waals surface area contributed by atoms with Crippen LogP contribution < -0.4 is 0 Å². The fourth-order valence-corrected chi connectivity index (χ4v) is 7.23. The number of likely N-dealkylation sites (N-methyl/N-ethyl adjacent to an activating group) is 2. The second-order valence-corrected chi connectivity index (χ2v) is 13.3. The molecule has 2 fully saturated rings. The number of carbonyl (C=O) groups excluding carboxylic acids is 3. The highest BCUT2D eigenvalue weighted by Gasteiger charge is 2.49. The number of halogens is 2. The third-order valence-corrected chi connectivity index (χ3v) is 10.1. The Morgan fingerprint density at radius 2 is 1.64 bits per heavy atom. The van der Waals surface area contributed by atoms with Crippen molar-refractivity contribution in [2.45, 2.75) is 50.0 Å². The second kappa shape index (κ2) is 13.9. The fourth-order valence-electron chi connectivity index (χ4n) is 6.92. The summed E-state index contributed by atoms with van der Waals surface area (Å²) < 4.78 is 0. The summed E-state index contributed by atoms with van der Waals surface area (Å²) in [6, 6.07) is 19.5. The van der Waals surface area contributed by atoms with Crippen LogP contribution >= 0.6 is 23.2 Å². The first-order chi connectivity index (χ1) is 21.1. The van der Waals surface area contributed by atoms with E-state index in [0.717, 1.165) is 55.2 Å². The SMILES string of the molecule is CN(C)C(=O)C1(N2CCCCC2=O)CCN(CC[C@H](CN(C)C(=O)c2cccc3ccccc23)c2ccc(Cl)c(Cl)c2)CC1. The van der Waals surface area contributed by atoms with E-state index in [-0.39, 0.29) is 23.6 Å². The Balaban J connectivity index is 1.31. The van der Waals surface area contributed by atoms with Crippen LogP contribution in [0.5, 0.6) is 0 Å². The normalized spacial score (nSPS) is 17.8. The smallest absolute Gasteiger partial charge is 0.254 e. The van der Waals surface area contributed by atoms with Crippen LogP contribution in [0.4, 0.5) is 0 Å². The van der Waals surface area contributed by atoms with E-state index in [0.29, 0.717) is 48.0 Å². The summed E-state index contributed by atoms with van der Waals surface area (Å²) in [5, 5.41) is 2.97. The first-order valence-electron chi connectivity index (χ1n) is 15.5. The number of fused-ring (bicyclic) bond motifs is 1. The van der Waals surface area contributed by atoms with Crippen LogP contribution in [0.3, 0.4) is 0 Å². The zero-order chi connectivity index (χ0) is 31.4. The van der Waals surface area contributed by atoms with E-state index < -0.39 is 5.54 Å². The zero-order valence-electron chi connectivity index (χ0n) is 25.9. The quantitative estimate of drug-likeness (QED) is 0.275. The molecular formula is C35H42Cl2N4O3. The molecule has 5 rings (SSSR count). The predicted molar refractivity (Wildman–Crippen MR) is 177 cm³/mol. The molecule has 0 bridgehead atoms. The number of hydrogen-bond acceptors (Lipinski definition) is 4. The van der Waals surface area contributed by atoms with Gasteiger partial charge in [0.2, 0.25) is 11.8 Å². The first-order valence-corrected chi connectivity index (χ1v) is 16.3. The third-order valence-electron chi connectivity index (χ3n) is 9.40. The van der Waals surface area contributed by atoms with Crippen molar-refractivity contribution in [1.82, 2.24) is 19.6 Å². The number of amides is 3. The monoisotopic (exact) mass is 636 g/mol. The lowest BCUT2D eigenvalue weighted by molar-refractivity contribution is -0.158. The van der Waals surface area contributed by atoms with Gasteiger partial charge in [-0.1, -0.05) is 65.7 Å². The Hall–Kier alpha value is -3.13. The maximum Gasteiger partial charge on any atom is 0.254 e. The molecule has 2 aliphatic heterocycles. The Morgan fingerprint density at radius 1 is 0.909 bits per heavy atom. The van der Waals surface area contributed by atoms with Gasteiger partial charge in [-0.15, -0.1) is 0 Å². The maximum atomic E-state index is 13.7. The molecule has 0 spiro atoms. The molecule has 3 aromatic carbocycles. The van der Waals surface area contributed by atoms with Crippen LogP contribution in [0.2, 0.25) is 10.0 Å². The Labute approximate surface area is 270 Å².